The first-order valence-corrected chi connectivity index (χ1v) is 10.1. The maximum absolute atomic E-state index is 12.1. The maximum Gasteiger partial charge on any atom is 0.163 e. The first-order chi connectivity index (χ1) is 11.4. The highest BCUT2D eigenvalue weighted by atomic mass is 32.2. The summed E-state index contributed by atoms with van der Waals surface area (Å²) in [6, 6.07) is 7.20. The Morgan fingerprint density at radius 1 is 1.42 bits per heavy atom. The molecule has 1 aromatic rings. The first-order valence-electron chi connectivity index (χ1n) is 8.42. The van der Waals surface area contributed by atoms with Gasteiger partial charge >= 0.3 is 0 Å². The number of rotatable bonds is 5. The highest BCUT2D eigenvalue weighted by molar-refractivity contribution is 7.92. The summed E-state index contributed by atoms with van der Waals surface area (Å²) in [4.78, 5) is 0. The summed E-state index contributed by atoms with van der Waals surface area (Å²) < 4.78 is 30.0. The molecule has 2 aliphatic heterocycles. The molecule has 0 aliphatic carbocycles. The summed E-state index contributed by atoms with van der Waals surface area (Å²) in [7, 11) is -3.04. The summed E-state index contributed by atoms with van der Waals surface area (Å²) in [5.41, 5.74) is 4.22. The number of aromatic hydroxyl groups is 1. The van der Waals surface area contributed by atoms with Gasteiger partial charge in [0.15, 0.2) is 9.84 Å². The third-order valence-electron chi connectivity index (χ3n) is 4.91. The van der Waals surface area contributed by atoms with Crippen LogP contribution in [0.1, 0.15) is 38.7 Å². The Morgan fingerprint density at radius 2 is 2.21 bits per heavy atom. The van der Waals surface area contributed by atoms with E-state index < -0.39 is 15.1 Å². The molecule has 24 heavy (non-hydrogen) atoms. The van der Waals surface area contributed by atoms with Crippen LogP contribution in [0.2, 0.25) is 0 Å². The van der Waals surface area contributed by atoms with Gasteiger partial charge in [0.1, 0.15) is 11.0 Å². The van der Waals surface area contributed by atoms with Gasteiger partial charge < -0.3 is 9.84 Å². The molecule has 1 N–H and O–H groups in total. The lowest BCUT2D eigenvalue weighted by atomic mass is 9.96. The lowest BCUT2D eigenvalue weighted by Gasteiger charge is -2.13. The number of phenols is 1. The van der Waals surface area contributed by atoms with Gasteiger partial charge in [0.2, 0.25) is 0 Å². The minimum Gasteiger partial charge on any atom is -0.508 e. The van der Waals surface area contributed by atoms with Crippen LogP contribution >= 0.6 is 0 Å². The van der Waals surface area contributed by atoms with Gasteiger partial charge in [0.05, 0.1) is 18.5 Å². The Hall–Kier alpha value is -1.59. The molecule has 0 unspecified atom stereocenters. The van der Waals surface area contributed by atoms with Crippen molar-refractivity contribution < 1.29 is 18.3 Å². The fourth-order valence-corrected chi connectivity index (χ4v) is 5.68. The van der Waals surface area contributed by atoms with Crippen molar-refractivity contribution in [2.75, 3.05) is 12.4 Å². The largest absolute Gasteiger partial charge is 0.508 e. The Bertz CT molecular complexity index is 789. The molecule has 0 aromatic heterocycles. The van der Waals surface area contributed by atoms with Crippen molar-refractivity contribution in [1.82, 2.24) is 0 Å². The molecule has 0 bridgehead atoms. The van der Waals surface area contributed by atoms with Crippen LogP contribution < -0.4 is 0 Å². The van der Waals surface area contributed by atoms with Crippen LogP contribution in [0.25, 0.3) is 6.08 Å². The molecule has 3 rings (SSSR count). The van der Waals surface area contributed by atoms with Crippen molar-refractivity contribution in [3.05, 3.63) is 46.5 Å². The van der Waals surface area contributed by atoms with Gasteiger partial charge in [-0.05, 0) is 49.5 Å². The van der Waals surface area contributed by atoms with E-state index >= 15 is 0 Å². The quantitative estimate of drug-likeness (QED) is 0.828. The minimum atomic E-state index is -3.04. The molecule has 0 spiro atoms. The summed E-state index contributed by atoms with van der Waals surface area (Å²) >= 11 is 0. The fraction of sp³-hybridized carbons (Fsp3) is 0.474. The molecular weight excluding hydrogens is 324 g/mol. The molecular formula is C19H24O4S. The zero-order valence-corrected chi connectivity index (χ0v) is 15.0. The number of hydrogen-bond acceptors (Lipinski definition) is 4. The van der Waals surface area contributed by atoms with Crippen LogP contribution in [0, 0.1) is 0 Å². The Labute approximate surface area is 143 Å². The smallest absolute Gasteiger partial charge is 0.163 e. The molecule has 0 saturated carbocycles. The van der Waals surface area contributed by atoms with Gasteiger partial charge in [-0.15, -0.1) is 0 Å². The number of hydrogen-bond donors (Lipinski definition) is 1. The lowest BCUT2D eigenvalue weighted by molar-refractivity contribution is 0.117. The number of allylic oxidation sites excluding steroid dienone is 1. The third kappa shape index (κ3) is 3.42. The topological polar surface area (TPSA) is 63.6 Å². The summed E-state index contributed by atoms with van der Waals surface area (Å²) in [6.45, 7) is 4.33. The average molecular weight is 348 g/mol. The molecule has 1 aromatic carbocycles. The summed E-state index contributed by atoms with van der Waals surface area (Å²) in [5, 5.41) is 9.16. The van der Waals surface area contributed by atoms with E-state index in [1.54, 1.807) is 12.1 Å². The molecule has 5 heteroatoms. The standard InChI is InChI=1S/C19H24O4S/c1-3-14(9-15-5-4-6-16(20)10-15)7-8-17-19-13(2)12-24(21,22)18(19)11-23-17/h4-6,9-10,17-18,20H,3,7-8,11-12H2,1-2H3/b14-9+/t17-,18+/m1/s1. The number of ether oxygens (including phenoxy) is 1. The van der Waals surface area contributed by atoms with Gasteiger partial charge in [-0.1, -0.05) is 36.3 Å². The molecule has 2 aliphatic rings. The second-order valence-electron chi connectivity index (χ2n) is 6.64. The fourth-order valence-electron chi connectivity index (χ4n) is 3.68. The molecule has 0 amide bonds. The Balaban J connectivity index is 1.70. The molecule has 1 saturated heterocycles. The van der Waals surface area contributed by atoms with Crippen molar-refractivity contribution in [2.45, 2.75) is 44.5 Å². The van der Waals surface area contributed by atoms with Crippen LogP contribution in [-0.4, -0.2) is 37.2 Å². The highest BCUT2D eigenvalue weighted by Crippen LogP contribution is 2.38. The Morgan fingerprint density at radius 3 is 2.92 bits per heavy atom. The SMILES string of the molecule is CC/C(=C\c1cccc(O)c1)CC[C@H]1OC[C@H]2C1=C(C)CS2(=O)=O. The van der Waals surface area contributed by atoms with E-state index in [2.05, 4.69) is 13.0 Å². The maximum atomic E-state index is 12.1. The van der Waals surface area contributed by atoms with Crippen molar-refractivity contribution in [3.63, 3.8) is 0 Å². The Kier molecular flexibility index (Phi) is 4.83. The molecule has 4 nitrogen and oxygen atoms in total. The minimum absolute atomic E-state index is 0.0774. The average Bonchev–Trinajstić information content (AvgIpc) is 3.04. The zero-order valence-electron chi connectivity index (χ0n) is 14.2. The number of phenolic OH excluding ortho intramolecular Hbond substituents is 1. The van der Waals surface area contributed by atoms with Crippen LogP contribution in [0.5, 0.6) is 5.75 Å². The van der Waals surface area contributed by atoms with E-state index in [0.717, 1.165) is 36.0 Å². The van der Waals surface area contributed by atoms with Crippen LogP contribution in [0.15, 0.2) is 41.0 Å². The number of sulfone groups is 1. The van der Waals surface area contributed by atoms with Crippen molar-refractivity contribution in [1.29, 1.82) is 0 Å². The van der Waals surface area contributed by atoms with E-state index in [-0.39, 0.29) is 17.6 Å². The van der Waals surface area contributed by atoms with E-state index in [4.69, 9.17) is 4.74 Å². The second kappa shape index (κ2) is 6.73. The van der Waals surface area contributed by atoms with Crippen molar-refractivity contribution >= 4 is 15.9 Å². The number of benzene rings is 1. The molecule has 130 valence electrons. The summed E-state index contributed by atoms with van der Waals surface area (Å²) in [6.07, 6.45) is 4.60. The van der Waals surface area contributed by atoms with Crippen molar-refractivity contribution in [2.24, 2.45) is 0 Å². The summed E-state index contributed by atoms with van der Waals surface area (Å²) in [5.74, 6) is 0.449. The molecule has 1 fully saturated rings. The van der Waals surface area contributed by atoms with E-state index in [1.807, 2.05) is 19.1 Å². The third-order valence-corrected chi connectivity index (χ3v) is 7.00. The lowest BCUT2D eigenvalue weighted by Crippen LogP contribution is -2.19. The predicted molar refractivity (Wildman–Crippen MR) is 95.6 cm³/mol. The van der Waals surface area contributed by atoms with Crippen LogP contribution in [0.4, 0.5) is 0 Å². The zero-order chi connectivity index (χ0) is 17.3. The van der Waals surface area contributed by atoms with E-state index in [0.29, 0.717) is 6.61 Å². The second-order valence-corrected chi connectivity index (χ2v) is 8.83. The van der Waals surface area contributed by atoms with Gasteiger partial charge in [-0.2, -0.15) is 0 Å². The van der Waals surface area contributed by atoms with Gasteiger partial charge in [0.25, 0.3) is 0 Å². The normalized spacial score (nSPS) is 26.0. The van der Waals surface area contributed by atoms with Crippen molar-refractivity contribution in [3.8, 4) is 5.75 Å². The molecule has 0 radical (unpaired) electrons. The molecule has 2 heterocycles. The van der Waals surface area contributed by atoms with Crippen LogP contribution in [-0.2, 0) is 14.6 Å². The van der Waals surface area contributed by atoms with E-state index in [9.17, 15) is 13.5 Å². The number of fused-ring (bicyclic) bond motifs is 1. The monoisotopic (exact) mass is 348 g/mol. The first kappa shape index (κ1) is 17.2. The van der Waals surface area contributed by atoms with Crippen LogP contribution in [0.3, 0.4) is 0 Å². The molecule has 2 atom stereocenters. The predicted octanol–water partition coefficient (Wildman–Crippen LogP) is 3.48. The highest BCUT2D eigenvalue weighted by Gasteiger charge is 2.45. The van der Waals surface area contributed by atoms with Gasteiger partial charge in [-0.25, -0.2) is 8.42 Å². The van der Waals surface area contributed by atoms with E-state index in [1.165, 1.54) is 5.57 Å². The van der Waals surface area contributed by atoms with Gasteiger partial charge in [0, 0.05) is 0 Å². The van der Waals surface area contributed by atoms with Gasteiger partial charge in [-0.3, -0.25) is 0 Å².